The summed E-state index contributed by atoms with van der Waals surface area (Å²) < 4.78 is 16.1. The number of rotatable bonds is 8. The number of esters is 1. The number of nitrogens with zero attached hydrogens (tertiary/aromatic N) is 1. The highest BCUT2D eigenvalue weighted by atomic mass is 35.5. The highest BCUT2D eigenvalue weighted by Crippen LogP contribution is 2.28. The third-order valence-electron chi connectivity index (χ3n) is 4.26. The molecule has 164 valence electrons. The molecule has 0 fully saturated rings. The number of carbonyl (C=O) groups is 2. The number of amides is 1. The van der Waals surface area contributed by atoms with Crippen molar-refractivity contribution in [1.29, 1.82) is 0 Å². The number of hydrogen-bond acceptors (Lipinski definition) is 6. The molecule has 3 rings (SSSR count). The molecule has 1 amide bonds. The lowest BCUT2D eigenvalue weighted by molar-refractivity contribution is 0.0729. The molecule has 0 unspecified atom stereocenters. The Morgan fingerprint density at radius 2 is 1.78 bits per heavy atom. The predicted octanol–water partition coefficient (Wildman–Crippen LogP) is 4.73. The molecule has 3 aromatic rings. The molecule has 0 aliphatic heterocycles. The molecule has 8 heteroatoms. The lowest BCUT2D eigenvalue weighted by atomic mass is 10.2. The second kappa shape index (κ2) is 11.0. The standard InChI is InChI=1S/C24H21ClN2O5/c1-3-31-20-10-8-17(9-11-20)24(29)32-21-12-7-16(13-22(21)30-2)15-26-27-23(28)18-5-4-6-19(25)14-18/h4-15H,3H2,1-2H3,(H,27,28)/b26-15-. The smallest absolute Gasteiger partial charge is 0.343 e. The van der Waals surface area contributed by atoms with Gasteiger partial charge in [0.1, 0.15) is 5.75 Å². The van der Waals surface area contributed by atoms with Gasteiger partial charge in [0.15, 0.2) is 11.5 Å². The van der Waals surface area contributed by atoms with Crippen LogP contribution in [0.15, 0.2) is 71.8 Å². The van der Waals surface area contributed by atoms with E-state index in [1.807, 2.05) is 6.92 Å². The van der Waals surface area contributed by atoms with Gasteiger partial charge in [-0.1, -0.05) is 17.7 Å². The molecule has 0 spiro atoms. The third kappa shape index (κ3) is 6.09. The van der Waals surface area contributed by atoms with E-state index in [0.29, 0.717) is 39.8 Å². The van der Waals surface area contributed by atoms with Crippen LogP contribution in [0.2, 0.25) is 5.02 Å². The maximum Gasteiger partial charge on any atom is 0.343 e. The topological polar surface area (TPSA) is 86.2 Å². The van der Waals surface area contributed by atoms with E-state index in [1.165, 1.54) is 13.3 Å². The zero-order chi connectivity index (χ0) is 22.9. The summed E-state index contributed by atoms with van der Waals surface area (Å²) in [7, 11) is 1.46. The number of halogens is 1. The first-order chi connectivity index (χ1) is 15.5. The van der Waals surface area contributed by atoms with Gasteiger partial charge in [-0.05, 0) is 73.2 Å². The van der Waals surface area contributed by atoms with Crippen molar-refractivity contribution in [2.75, 3.05) is 13.7 Å². The third-order valence-corrected chi connectivity index (χ3v) is 4.49. The summed E-state index contributed by atoms with van der Waals surface area (Å²) >= 11 is 5.89. The summed E-state index contributed by atoms with van der Waals surface area (Å²) in [6, 6.07) is 18.1. The maximum absolute atomic E-state index is 12.4. The molecule has 7 nitrogen and oxygen atoms in total. The van der Waals surface area contributed by atoms with E-state index in [1.54, 1.807) is 66.7 Å². The zero-order valence-electron chi connectivity index (χ0n) is 17.5. The van der Waals surface area contributed by atoms with Gasteiger partial charge in [0.25, 0.3) is 5.91 Å². The summed E-state index contributed by atoms with van der Waals surface area (Å²) in [5.74, 6) is 0.354. The van der Waals surface area contributed by atoms with Gasteiger partial charge in [0.05, 0.1) is 25.5 Å². The van der Waals surface area contributed by atoms with Gasteiger partial charge in [0.2, 0.25) is 0 Å². The van der Waals surface area contributed by atoms with Crippen LogP contribution in [-0.4, -0.2) is 31.8 Å². The van der Waals surface area contributed by atoms with Crippen molar-refractivity contribution in [3.63, 3.8) is 0 Å². The van der Waals surface area contributed by atoms with E-state index >= 15 is 0 Å². The molecular weight excluding hydrogens is 432 g/mol. The van der Waals surface area contributed by atoms with Crippen LogP contribution in [0.5, 0.6) is 17.2 Å². The Labute approximate surface area is 190 Å². The van der Waals surface area contributed by atoms with Crippen LogP contribution >= 0.6 is 11.6 Å². The highest BCUT2D eigenvalue weighted by Gasteiger charge is 2.13. The number of nitrogens with one attached hydrogen (secondary N) is 1. The van der Waals surface area contributed by atoms with Crippen LogP contribution in [0, 0.1) is 0 Å². The minimum atomic E-state index is -0.526. The molecule has 0 aliphatic carbocycles. The van der Waals surface area contributed by atoms with Crippen molar-refractivity contribution in [2.45, 2.75) is 6.92 Å². The lowest BCUT2D eigenvalue weighted by Gasteiger charge is -2.10. The van der Waals surface area contributed by atoms with Crippen molar-refractivity contribution in [3.8, 4) is 17.2 Å². The fourth-order valence-electron chi connectivity index (χ4n) is 2.72. The maximum atomic E-state index is 12.4. The largest absolute Gasteiger partial charge is 0.494 e. The van der Waals surface area contributed by atoms with Gasteiger partial charge < -0.3 is 14.2 Å². The van der Waals surface area contributed by atoms with Crippen LogP contribution in [0.4, 0.5) is 0 Å². The number of ether oxygens (including phenoxy) is 3. The lowest BCUT2D eigenvalue weighted by Crippen LogP contribution is -2.17. The predicted molar refractivity (Wildman–Crippen MR) is 122 cm³/mol. The van der Waals surface area contributed by atoms with Crippen LogP contribution in [-0.2, 0) is 0 Å². The molecule has 1 N–H and O–H groups in total. The normalized spacial score (nSPS) is 10.6. The number of hydrazone groups is 1. The van der Waals surface area contributed by atoms with Gasteiger partial charge in [-0.25, -0.2) is 10.2 Å². The molecule has 0 saturated carbocycles. The second-order valence-corrected chi connectivity index (χ2v) is 6.90. The zero-order valence-corrected chi connectivity index (χ0v) is 18.3. The fourth-order valence-corrected chi connectivity index (χ4v) is 2.91. The summed E-state index contributed by atoms with van der Waals surface area (Å²) in [6.07, 6.45) is 1.45. The Hall–Kier alpha value is -3.84. The number of carbonyl (C=O) groups excluding carboxylic acids is 2. The molecule has 0 radical (unpaired) electrons. The van der Waals surface area contributed by atoms with Crippen molar-refractivity contribution in [3.05, 3.63) is 88.4 Å². The summed E-state index contributed by atoms with van der Waals surface area (Å²) in [4.78, 5) is 24.5. The molecule has 0 aromatic heterocycles. The minimum absolute atomic E-state index is 0.256. The first-order valence-electron chi connectivity index (χ1n) is 9.72. The van der Waals surface area contributed by atoms with E-state index in [0.717, 1.165) is 0 Å². The van der Waals surface area contributed by atoms with Gasteiger partial charge >= 0.3 is 5.97 Å². The van der Waals surface area contributed by atoms with Crippen molar-refractivity contribution in [1.82, 2.24) is 5.43 Å². The Bertz CT molecular complexity index is 1130. The Kier molecular flexibility index (Phi) is 7.83. The molecule has 0 aliphatic rings. The van der Waals surface area contributed by atoms with Gasteiger partial charge in [-0.15, -0.1) is 0 Å². The van der Waals surface area contributed by atoms with Crippen molar-refractivity contribution >= 4 is 29.7 Å². The molecule has 0 atom stereocenters. The Morgan fingerprint density at radius 1 is 1.00 bits per heavy atom. The highest BCUT2D eigenvalue weighted by molar-refractivity contribution is 6.30. The Morgan fingerprint density at radius 3 is 2.47 bits per heavy atom. The van der Waals surface area contributed by atoms with Gasteiger partial charge in [-0.2, -0.15) is 5.10 Å². The molecule has 3 aromatic carbocycles. The van der Waals surface area contributed by atoms with Gasteiger partial charge in [-0.3, -0.25) is 4.79 Å². The monoisotopic (exact) mass is 452 g/mol. The number of hydrogen-bond donors (Lipinski definition) is 1. The van der Waals surface area contributed by atoms with Crippen molar-refractivity contribution in [2.24, 2.45) is 5.10 Å². The summed E-state index contributed by atoms with van der Waals surface area (Å²) in [6.45, 7) is 2.43. The van der Waals surface area contributed by atoms with E-state index in [9.17, 15) is 9.59 Å². The quantitative estimate of drug-likeness (QED) is 0.231. The van der Waals surface area contributed by atoms with Crippen LogP contribution in [0.3, 0.4) is 0 Å². The summed E-state index contributed by atoms with van der Waals surface area (Å²) in [5.41, 5.74) is 3.83. The first-order valence-corrected chi connectivity index (χ1v) is 10.1. The minimum Gasteiger partial charge on any atom is -0.494 e. The average Bonchev–Trinajstić information content (AvgIpc) is 2.80. The molecule has 0 bridgehead atoms. The molecule has 0 heterocycles. The van der Waals surface area contributed by atoms with Crippen LogP contribution < -0.4 is 19.6 Å². The van der Waals surface area contributed by atoms with E-state index in [-0.39, 0.29) is 5.75 Å². The molecule has 0 saturated heterocycles. The summed E-state index contributed by atoms with van der Waals surface area (Å²) in [5, 5.41) is 4.40. The van der Waals surface area contributed by atoms with Crippen LogP contribution in [0.25, 0.3) is 0 Å². The molecular formula is C24H21ClN2O5. The SMILES string of the molecule is CCOc1ccc(C(=O)Oc2ccc(/C=N\NC(=O)c3cccc(Cl)c3)cc2OC)cc1. The van der Waals surface area contributed by atoms with E-state index in [4.69, 9.17) is 25.8 Å². The Balaban J connectivity index is 1.65. The van der Waals surface area contributed by atoms with Crippen LogP contribution in [0.1, 0.15) is 33.2 Å². The average molecular weight is 453 g/mol. The first kappa shape index (κ1) is 22.8. The van der Waals surface area contributed by atoms with E-state index < -0.39 is 11.9 Å². The number of benzene rings is 3. The fraction of sp³-hybridized carbons (Fsp3) is 0.125. The second-order valence-electron chi connectivity index (χ2n) is 6.47. The van der Waals surface area contributed by atoms with Gasteiger partial charge in [0, 0.05) is 10.6 Å². The number of methoxy groups -OCH3 is 1. The molecule has 32 heavy (non-hydrogen) atoms. The van der Waals surface area contributed by atoms with E-state index in [2.05, 4.69) is 10.5 Å². The van der Waals surface area contributed by atoms with Crippen molar-refractivity contribution < 1.29 is 23.8 Å².